The van der Waals surface area contributed by atoms with Gasteiger partial charge in [0.15, 0.2) is 11.6 Å². The van der Waals surface area contributed by atoms with Gasteiger partial charge in [-0.25, -0.2) is 4.39 Å². The van der Waals surface area contributed by atoms with E-state index in [-0.39, 0.29) is 17.6 Å². The maximum absolute atomic E-state index is 14.0. The Kier molecular flexibility index (Phi) is 4.96. The Morgan fingerprint density at radius 3 is 2.71 bits per heavy atom. The van der Waals surface area contributed by atoms with Crippen LogP contribution in [0.4, 0.5) is 4.39 Å². The Morgan fingerprint density at radius 2 is 2.19 bits per heavy atom. The SMILES string of the molecule is CCCNC(c1ccc(OC)c(F)c1)c1cnn(C)c1C. The van der Waals surface area contributed by atoms with Gasteiger partial charge in [-0.2, -0.15) is 5.10 Å². The van der Waals surface area contributed by atoms with Crippen molar-refractivity contribution in [1.82, 2.24) is 15.1 Å². The average molecular weight is 291 g/mol. The van der Waals surface area contributed by atoms with E-state index in [0.29, 0.717) is 0 Å². The molecule has 5 heteroatoms. The molecule has 0 aliphatic rings. The molecule has 0 amide bonds. The summed E-state index contributed by atoms with van der Waals surface area (Å²) in [6, 6.07) is 5.01. The summed E-state index contributed by atoms with van der Waals surface area (Å²) in [7, 11) is 3.38. The summed E-state index contributed by atoms with van der Waals surface area (Å²) >= 11 is 0. The first-order valence-corrected chi connectivity index (χ1v) is 7.13. The molecule has 0 saturated heterocycles. The molecule has 0 spiro atoms. The van der Waals surface area contributed by atoms with Crippen molar-refractivity contribution in [3.63, 3.8) is 0 Å². The Bertz CT molecular complexity index is 610. The van der Waals surface area contributed by atoms with Crippen LogP contribution >= 0.6 is 0 Å². The molecule has 0 saturated carbocycles. The molecule has 1 heterocycles. The van der Waals surface area contributed by atoms with E-state index in [1.54, 1.807) is 6.07 Å². The molecular formula is C16H22FN3O. The normalized spacial score (nSPS) is 12.4. The van der Waals surface area contributed by atoms with Crippen LogP contribution in [0.1, 0.15) is 36.2 Å². The van der Waals surface area contributed by atoms with Gasteiger partial charge in [-0.3, -0.25) is 4.68 Å². The Hall–Kier alpha value is -1.88. The molecule has 1 aromatic heterocycles. The first-order chi connectivity index (χ1) is 10.1. The molecule has 2 aromatic rings. The zero-order valence-corrected chi connectivity index (χ0v) is 13.0. The lowest BCUT2D eigenvalue weighted by atomic mass is 9.99. The summed E-state index contributed by atoms with van der Waals surface area (Å²) in [4.78, 5) is 0. The van der Waals surface area contributed by atoms with Gasteiger partial charge in [0.1, 0.15) is 0 Å². The maximum Gasteiger partial charge on any atom is 0.165 e. The molecule has 114 valence electrons. The number of rotatable bonds is 6. The van der Waals surface area contributed by atoms with Crippen molar-refractivity contribution in [3.05, 3.63) is 47.0 Å². The van der Waals surface area contributed by atoms with Gasteiger partial charge in [0, 0.05) is 18.3 Å². The fourth-order valence-corrected chi connectivity index (χ4v) is 2.36. The number of methoxy groups -OCH3 is 1. The highest BCUT2D eigenvalue weighted by Crippen LogP contribution is 2.28. The number of aromatic nitrogens is 2. The summed E-state index contributed by atoms with van der Waals surface area (Å²) in [5.74, 6) is -0.0873. The van der Waals surface area contributed by atoms with Gasteiger partial charge in [-0.1, -0.05) is 13.0 Å². The van der Waals surface area contributed by atoms with E-state index in [4.69, 9.17) is 4.74 Å². The third kappa shape index (κ3) is 3.24. The van der Waals surface area contributed by atoms with E-state index in [9.17, 15) is 4.39 Å². The third-order valence-electron chi connectivity index (χ3n) is 3.69. The molecule has 4 nitrogen and oxygen atoms in total. The van der Waals surface area contributed by atoms with Crippen molar-refractivity contribution in [1.29, 1.82) is 0 Å². The van der Waals surface area contributed by atoms with Crippen LogP contribution in [-0.2, 0) is 7.05 Å². The van der Waals surface area contributed by atoms with Gasteiger partial charge in [0.25, 0.3) is 0 Å². The molecule has 2 rings (SSSR count). The smallest absolute Gasteiger partial charge is 0.165 e. The Balaban J connectivity index is 2.40. The van der Waals surface area contributed by atoms with Crippen molar-refractivity contribution in [2.45, 2.75) is 26.3 Å². The fraction of sp³-hybridized carbons (Fsp3) is 0.438. The molecular weight excluding hydrogens is 269 g/mol. The van der Waals surface area contributed by atoms with Crippen LogP contribution in [0.2, 0.25) is 0 Å². The Labute approximate surface area is 124 Å². The van der Waals surface area contributed by atoms with Gasteiger partial charge in [0.05, 0.1) is 19.3 Å². The zero-order chi connectivity index (χ0) is 15.4. The highest BCUT2D eigenvalue weighted by atomic mass is 19.1. The number of aryl methyl sites for hydroxylation is 1. The van der Waals surface area contributed by atoms with Crippen LogP contribution < -0.4 is 10.1 Å². The second kappa shape index (κ2) is 6.72. The van der Waals surface area contributed by atoms with E-state index >= 15 is 0 Å². The van der Waals surface area contributed by atoms with Crippen LogP contribution in [0.15, 0.2) is 24.4 Å². The number of ether oxygens (including phenoxy) is 1. The van der Waals surface area contributed by atoms with Crippen molar-refractivity contribution >= 4 is 0 Å². The van der Waals surface area contributed by atoms with Crippen LogP contribution in [0.3, 0.4) is 0 Å². The summed E-state index contributed by atoms with van der Waals surface area (Å²) in [5.41, 5.74) is 3.01. The first-order valence-electron chi connectivity index (χ1n) is 7.13. The van der Waals surface area contributed by atoms with Crippen molar-refractivity contribution in [2.75, 3.05) is 13.7 Å². The number of nitrogens with zero attached hydrogens (tertiary/aromatic N) is 2. The quantitative estimate of drug-likeness (QED) is 0.889. The van der Waals surface area contributed by atoms with Crippen LogP contribution in [0.5, 0.6) is 5.75 Å². The number of halogens is 1. The summed E-state index contributed by atoms with van der Waals surface area (Å²) < 4.78 is 20.8. The third-order valence-corrected chi connectivity index (χ3v) is 3.69. The fourth-order valence-electron chi connectivity index (χ4n) is 2.36. The molecule has 0 bridgehead atoms. The number of hydrogen-bond acceptors (Lipinski definition) is 3. The molecule has 0 aliphatic carbocycles. The number of nitrogens with one attached hydrogen (secondary N) is 1. The van der Waals surface area contributed by atoms with E-state index in [1.807, 2.05) is 30.9 Å². The maximum atomic E-state index is 14.0. The number of hydrogen-bond donors (Lipinski definition) is 1. The monoisotopic (exact) mass is 291 g/mol. The minimum absolute atomic E-state index is 0.0703. The van der Waals surface area contributed by atoms with Gasteiger partial charge >= 0.3 is 0 Å². The van der Waals surface area contributed by atoms with Crippen LogP contribution in [0, 0.1) is 12.7 Å². The molecule has 21 heavy (non-hydrogen) atoms. The topological polar surface area (TPSA) is 39.1 Å². The highest BCUT2D eigenvalue weighted by molar-refractivity contribution is 5.37. The first kappa shape index (κ1) is 15.5. The zero-order valence-electron chi connectivity index (χ0n) is 13.0. The largest absolute Gasteiger partial charge is 0.494 e. The van der Waals surface area contributed by atoms with Gasteiger partial charge < -0.3 is 10.1 Å². The molecule has 1 N–H and O–H groups in total. The van der Waals surface area contributed by atoms with Crippen molar-refractivity contribution < 1.29 is 9.13 Å². The van der Waals surface area contributed by atoms with Gasteiger partial charge in [-0.05, 0) is 37.6 Å². The second-order valence-corrected chi connectivity index (χ2v) is 5.09. The average Bonchev–Trinajstić information content (AvgIpc) is 2.80. The molecule has 1 unspecified atom stereocenters. The van der Waals surface area contributed by atoms with Crippen LogP contribution in [0.25, 0.3) is 0 Å². The lowest BCUT2D eigenvalue weighted by Crippen LogP contribution is -2.23. The van der Waals surface area contributed by atoms with E-state index in [0.717, 1.165) is 29.8 Å². The molecule has 0 radical (unpaired) electrons. The summed E-state index contributed by atoms with van der Waals surface area (Å²) in [6.45, 7) is 4.98. The summed E-state index contributed by atoms with van der Waals surface area (Å²) in [6.07, 6.45) is 2.85. The molecule has 0 aliphatic heterocycles. The standard InChI is InChI=1S/C16H22FN3O/c1-5-8-18-16(13-10-19-20(3)11(13)2)12-6-7-15(21-4)14(17)9-12/h6-7,9-10,16,18H,5,8H2,1-4H3. The lowest BCUT2D eigenvalue weighted by molar-refractivity contribution is 0.385. The predicted octanol–water partition coefficient (Wildman–Crippen LogP) is 2.97. The molecule has 1 atom stereocenters. The lowest BCUT2D eigenvalue weighted by Gasteiger charge is -2.19. The Morgan fingerprint density at radius 1 is 1.43 bits per heavy atom. The van der Waals surface area contributed by atoms with Gasteiger partial charge in [0.2, 0.25) is 0 Å². The highest BCUT2D eigenvalue weighted by Gasteiger charge is 2.19. The minimum atomic E-state index is -0.347. The minimum Gasteiger partial charge on any atom is -0.494 e. The van der Waals surface area contributed by atoms with E-state index in [2.05, 4.69) is 17.3 Å². The summed E-state index contributed by atoms with van der Waals surface area (Å²) in [5, 5.41) is 7.75. The molecule has 1 aromatic carbocycles. The van der Waals surface area contributed by atoms with Crippen molar-refractivity contribution in [2.24, 2.45) is 7.05 Å². The van der Waals surface area contributed by atoms with Crippen molar-refractivity contribution in [3.8, 4) is 5.75 Å². The van der Waals surface area contributed by atoms with E-state index in [1.165, 1.54) is 13.2 Å². The van der Waals surface area contributed by atoms with Gasteiger partial charge in [-0.15, -0.1) is 0 Å². The second-order valence-electron chi connectivity index (χ2n) is 5.09. The van der Waals surface area contributed by atoms with Crippen LogP contribution in [-0.4, -0.2) is 23.4 Å². The number of benzene rings is 1. The van der Waals surface area contributed by atoms with E-state index < -0.39 is 0 Å². The predicted molar refractivity (Wildman–Crippen MR) is 81.0 cm³/mol. The molecule has 0 fully saturated rings.